The van der Waals surface area contributed by atoms with Gasteiger partial charge in [-0.3, -0.25) is 9.79 Å². The first kappa shape index (κ1) is 18.8. The molecular weight excluding hydrogens is 350 g/mol. The van der Waals surface area contributed by atoms with E-state index in [1.165, 1.54) is 12.1 Å². The highest BCUT2D eigenvalue weighted by molar-refractivity contribution is 5.94. The van der Waals surface area contributed by atoms with E-state index in [2.05, 4.69) is 20.9 Å². The molecule has 142 valence electrons. The molecule has 27 heavy (non-hydrogen) atoms. The Kier molecular flexibility index (Phi) is 6.01. The Bertz CT molecular complexity index is 854. The zero-order valence-electron chi connectivity index (χ0n) is 15.1. The quantitative estimate of drug-likeness (QED) is 0.559. The summed E-state index contributed by atoms with van der Waals surface area (Å²) in [6, 6.07) is 11.3. The molecule has 1 aliphatic heterocycles. The van der Waals surface area contributed by atoms with Gasteiger partial charge in [-0.15, -0.1) is 0 Å². The number of benzene rings is 2. The first-order chi connectivity index (χ1) is 13.1. The van der Waals surface area contributed by atoms with E-state index in [9.17, 15) is 13.6 Å². The van der Waals surface area contributed by atoms with E-state index >= 15 is 0 Å². The van der Waals surface area contributed by atoms with Crippen LogP contribution in [0.5, 0.6) is 0 Å². The van der Waals surface area contributed by atoms with Crippen molar-refractivity contribution in [2.24, 2.45) is 4.99 Å². The minimum Gasteiger partial charge on any atom is -0.356 e. The van der Waals surface area contributed by atoms with E-state index in [-0.39, 0.29) is 11.8 Å². The number of hydrogen-bond donors (Lipinski definition) is 3. The second-order valence-electron chi connectivity index (χ2n) is 6.40. The molecule has 1 unspecified atom stereocenters. The summed E-state index contributed by atoms with van der Waals surface area (Å²) >= 11 is 0. The monoisotopic (exact) mass is 372 g/mol. The van der Waals surface area contributed by atoms with Crippen molar-refractivity contribution in [2.45, 2.75) is 18.8 Å². The largest absolute Gasteiger partial charge is 0.356 e. The third-order valence-corrected chi connectivity index (χ3v) is 4.55. The standard InChI is InChI=1S/C20H22F2N4O/c1-23-20(24-9-8-13-6-7-15(21)11-17(13)22)25-12-14-10-19(27)26-18-5-3-2-4-16(14)18/h2-7,11,14H,8-10,12H2,1H3,(H,26,27)(H2,23,24,25). The van der Waals surface area contributed by atoms with Crippen LogP contribution in [0.3, 0.4) is 0 Å². The summed E-state index contributed by atoms with van der Waals surface area (Å²) in [7, 11) is 1.65. The van der Waals surface area contributed by atoms with E-state index in [1.807, 2.05) is 24.3 Å². The normalized spacial score (nSPS) is 16.5. The van der Waals surface area contributed by atoms with Crippen molar-refractivity contribution in [3.63, 3.8) is 0 Å². The lowest BCUT2D eigenvalue weighted by Gasteiger charge is -2.26. The highest BCUT2D eigenvalue weighted by Crippen LogP contribution is 2.31. The van der Waals surface area contributed by atoms with Crippen molar-refractivity contribution >= 4 is 17.6 Å². The van der Waals surface area contributed by atoms with Gasteiger partial charge in [0, 0.05) is 44.2 Å². The summed E-state index contributed by atoms with van der Waals surface area (Å²) in [5.74, 6) is -0.526. The predicted octanol–water partition coefficient (Wildman–Crippen LogP) is 2.80. The van der Waals surface area contributed by atoms with Gasteiger partial charge in [0.25, 0.3) is 0 Å². The third-order valence-electron chi connectivity index (χ3n) is 4.55. The summed E-state index contributed by atoms with van der Waals surface area (Å²) < 4.78 is 26.6. The maximum Gasteiger partial charge on any atom is 0.225 e. The number of guanidine groups is 1. The molecule has 0 spiro atoms. The molecule has 7 heteroatoms. The Balaban J connectivity index is 1.53. The van der Waals surface area contributed by atoms with Crippen LogP contribution in [0.15, 0.2) is 47.5 Å². The van der Waals surface area contributed by atoms with Crippen LogP contribution < -0.4 is 16.0 Å². The molecule has 1 atom stereocenters. The summed E-state index contributed by atoms with van der Waals surface area (Å²) in [5.41, 5.74) is 2.38. The van der Waals surface area contributed by atoms with Crippen LogP contribution in [0.1, 0.15) is 23.5 Å². The zero-order valence-corrected chi connectivity index (χ0v) is 15.1. The first-order valence-electron chi connectivity index (χ1n) is 8.84. The van der Waals surface area contributed by atoms with E-state index in [0.29, 0.717) is 37.5 Å². The lowest BCUT2D eigenvalue weighted by molar-refractivity contribution is -0.116. The van der Waals surface area contributed by atoms with Crippen molar-refractivity contribution < 1.29 is 13.6 Å². The summed E-state index contributed by atoms with van der Waals surface area (Å²) in [5, 5.41) is 9.21. The summed E-state index contributed by atoms with van der Waals surface area (Å²) in [4.78, 5) is 16.0. The molecular formula is C20H22F2N4O. The van der Waals surface area contributed by atoms with Gasteiger partial charge in [-0.1, -0.05) is 24.3 Å². The fourth-order valence-electron chi connectivity index (χ4n) is 3.16. The SMILES string of the molecule is CN=C(NCCc1ccc(F)cc1F)NCC1CC(=O)Nc2ccccc21. The number of aliphatic imine (C=N–C) groups is 1. The number of amides is 1. The Morgan fingerprint density at radius 3 is 2.81 bits per heavy atom. The minimum atomic E-state index is -0.585. The van der Waals surface area contributed by atoms with E-state index in [4.69, 9.17) is 0 Å². The molecule has 1 heterocycles. The van der Waals surface area contributed by atoms with Gasteiger partial charge >= 0.3 is 0 Å². The van der Waals surface area contributed by atoms with Crippen LogP contribution >= 0.6 is 0 Å². The summed E-state index contributed by atoms with van der Waals surface area (Å²) in [6.45, 7) is 0.999. The Hall–Kier alpha value is -2.96. The molecule has 0 aromatic heterocycles. The molecule has 0 radical (unpaired) electrons. The second-order valence-corrected chi connectivity index (χ2v) is 6.40. The van der Waals surface area contributed by atoms with Crippen LogP contribution in [0.25, 0.3) is 0 Å². The number of rotatable bonds is 5. The molecule has 2 aromatic carbocycles. The number of nitrogens with one attached hydrogen (secondary N) is 3. The van der Waals surface area contributed by atoms with Crippen molar-refractivity contribution in [3.8, 4) is 0 Å². The van der Waals surface area contributed by atoms with Gasteiger partial charge in [-0.25, -0.2) is 8.78 Å². The van der Waals surface area contributed by atoms with Gasteiger partial charge in [0.1, 0.15) is 11.6 Å². The van der Waals surface area contributed by atoms with Crippen LogP contribution in [-0.4, -0.2) is 32.0 Å². The van der Waals surface area contributed by atoms with Gasteiger partial charge in [0.15, 0.2) is 5.96 Å². The first-order valence-corrected chi connectivity index (χ1v) is 8.84. The maximum atomic E-state index is 13.7. The smallest absolute Gasteiger partial charge is 0.225 e. The van der Waals surface area contributed by atoms with Crippen molar-refractivity contribution in [1.82, 2.24) is 10.6 Å². The molecule has 1 aliphatic rings. The van der Waals surface area contributed by atoms with Gasteiger partial charge < -0.3 is 16.0 Å². The number of carbonyl (C=O) groups excluding carboxylic acids is 1. The Morgan fingerprint density at radius 2 is 2.04 bits per heavy atom. The van der Waals surface area contributed by atoms with E-state index in [0.717, 1.165) is 17.3 Å². The van der Waals surface area contributed by atoms with Crippen molar-refractivity contribution in [2.75, 3.05) is 25.5 Å². The van der Waals surface area contributed by atoms with Gasteiger partial charge in [0.2, 0.25) is 5.91 Å². The van der Waals surface area contributed by atoms with Crippen molar-refractivity contribution in [1.29, 1.82) is 0 Å². The molecule has 0 bridgehead atoms. The fourth-order valence-corrected chi connectivity index (χ4v) is 3.16. The van der Waals surface area contributed by atoms with Gasteiger partial charge in [-0.2, -0.15) is 0 Å². The molecule has 0 fully saturated rings. The molecule has 0 saturated heterocycles. The van der Waals surface area contributed by atoms with Crippen LogP contribution in [0.4, 0.5) is 14.5 Å². The number of anilines is 1. The molecule has 2 aromatic rings. The average Bonchev–Trinajstić information content (AvgIpc) is 2.65. The lowest BCUT2D eigenvalue weighted by Crippen LogP contribution is -2.41. The highest BCUT2D eigenvalue weighted by atomic mass is 19.1. The number of halogens is 2. The maximum absolute atomic E-state index is 13.7. The minimum absolute atomic E-state index is 0.00442. The van der Waals surface area contributed by atoms with Crippen LogP contribution in [-0.2, 0) is 11.2 Å². The Morgan fingerprint density at radius 1 is 1.22 bits per heavy atom. The zero-order chi connectivity index (χ0) is 19.2. The highest BCUT2D eigenvalue weighted by Gasteiger charge is 2.24. The van der Waals surface area contributed by atoms with Gasteiger partial charge in [-0.05, 0) is 29.7 Å². The van der Waals surface area contributed by atoms with Gasteiger partial charge in [0.05, 0.1) is 0 Å². The number of nitrogens with zero attached hydrogens (tertiary/aromatic N) is 1. The van der Waals surface area contributed by atoms with Crippen molar-refractivity contribution in [3.05, 3.63) is 65.2 Å². The lowest BCUT2D eigenvalue weighted by atomic mass is 9.90. The number of hydrogen-bond acceptors (Lipinski definition) is 2. The van der Waals surface area contributed by atoms with Crippen LogP contribution in [0.2, 0.25) is 0 Å². The molecule has 5 nitrogen and oxygen atoms in total. The molecule has 1 amide bonds. The van der Waals surface area contributed by atoms with E-state index in [1.54, 1.807) is 7.05 Å². The number of carbonyl (C=O) groups is 1. The predicted molar refractivity (Wildman–Crippen MR) is 102 cm³/mol. The second kappa shape index (κ2) is 8.62. The van der Waals surface area contributed by atoms with Crippen LogP contribution in [0, 0.1) is 11.6 Å². The number of fused-ring (bicyclic) bond motifs is 1. The third kappa shape index (κ3) is 4.81. The summed E-state index contributed by atoms with van der Waals surface area (Å²) in [6.07, 6.45) is 0.809. The molecule has 0 aliphatic carbocycles. The number of para-hydroxylation sites is 1. The Labute approximate surface area is 156 Å². The fraction of sp³-hybridized carbons (Fsp3) is 0.300. The molecule has 3 rings (SSSR count). The topological polar surface area (TPSA) is 65.5 Å². The average molecular weight is 372 g/mol. The molecule has 3 N–H and O–H groups in total. The van der Waals surface area contributed by atoms with E-state index < -0.39 is 11.6 Å². The molecule has 0 saturated carbocycles.